The molecule has 7 nitrogen and oxygen atoms in total. The normalized spacial score (nSPS) is 16.3. The first-order valence-corrected chi connectivity index (χ1v) is 8.58. The summed E-state index contributed by atoms with van der Waals surface area (Å²) in [5.41, 5.74) is 3.55. The van der Waals surface area contributed by atoms with Crippen LogP contribution in [-0.4, -0.2) is 36.3 Å². The molecule has 130 valence electrons. The van der Waals surface area contributed by atoms with E-state index in [0.29, 0.717) is 22.2 Å². The minimum atomic E-state index is -0.0453. The maximum absolute atomic E-state index is 6.55. The smallest absolute Gasteiger partial charge is 0.156 e. The minimum absolute atomic E-state index is 0.0453. The number of aromatic nitrogens is 4. The zero-order valence-electron chi connectivity index (χ0n) is 13.7. The molecular formula is C16H17Cl2N7. The van der Waals surface area contributed by atoms with E-state index in [9.17, 15) is 0 Å². The molecule has 0 fully saturated rings. The van der Waals surface area contributed by atoms with Crippen LogP contribution in [0.3, 0.4) is 0 Å². The maximum Gasteiger partial charge on any atom is 0.156 e. The fraction of sp³-hybridized carbons (Fsp3) is 0.250. The van der Waals surface area contributed by atoms with Crippen molar-refractivity contribution in [3.8, 4) is 11.3 Å². The van der Waals surface area contributed by atoms with Gasteiger partial charge < -0.3 is 0 Å². The summed E-state index contributed by atoms with van der Waals surface area (Å²) >= 11 is 12.9. The number of nitrogens with two attached hydrogens (primary N) is 1. The molecular weight excluding hydrogens is 361 g/mol. The van der Waals surface area contributed by atoms with E-state index in [-0.39, 0.29) is 6.04 Å². The van der Waals surface area contributed by atoms with Crippen LogP contribution in [0, 0.1) is 6.92 Å². The summed E-state index contributed by atoms with van der Waals surface area (Å²) in [6.07, 6.45) is 7.59. The van der Waals surface area contributed by atoms with E-state index in [2.05, 4.69) is 22.1 Å². The summed E-state index contributed by atoms with van der Waals surface area (Å²) < 4.78 is 1.97. The highest BCUT2D eigenvalue weighted by Gasteiger charge is 2.27. The third-order valence-corrected chi connectivity index (χ3v) is 5.03. The third kappa shape index (κ3) is 2.51. The number of hydrogen-bond donors (Lipinski definition) is 2. The average molecular weight is 378 g/mol. The number of fused-ring (bicyclic) bond motifs is 1. The van der Waals surface area contributed by atoms with Crippen molar-refractivity contribution in [1.29, 1.82) is 0 Å². The van der Waals surface area contributed by atoms with Crippen LogP contribution in [0.25, 0.3) is 16.8 Å². The number of H-pyrrole nitrogens is 1. The zero-order valence-corrected chi connectivity index (χ0v) is 15.3. The number of halogens is 2. The van der Waals surface area contributed by atoms with Crippen molar-refractivity contribution in [2.45, 2.75) is 19.9 Å². The second-order valence-electron chi connectivity index (χ2n) is 5.98. The van der Waals surface area contributed by atoms with E-state index < -0.39 is 0 Å². The van der Waals surface area contributed by atoms with Crippen LogP contribution >= 0.6 is 23.2 Å². The lowest BCUT2D eigenvalue weighted by atomic mass is 10.0. The van der Waals surface area contributed by atoms with Crippen molar-refractivity contribution >= 4 is 28.7 Å². The van der Waals surface area contributed by atoms with Crippen LogP contribution in [0.15, 0.2) is 30.7 Å². The van der Waals surface area contributed by atoms with E-state index in [0.717, 1.165) is 22.6 Å². The van der Waals surface area contributed by atoms with Gasteiger partial charge in [0.15, 0.2) is 5.15 Å². The second kappa shape index (κ2) is 6.03. The molecule has 1 aliphatic heterocycles. The molecule has 0 radical (unpaired) electrons. The highest BCUT2D eigenvalue weighted by atomic mass is 35.5. The van der Waals surface area contributed by atoms with Crippen LogP contribution in [0.4, 0.5) is 0 Å². The molecule has 0 aliphatic carbocycles. The Kier molecular flexibility index (Phi) is 3.96. The Morgan fingerprint density at radius 2 is 2.16 bits per heavy atom. The van der Waals surface area contributed by atoms with Crippen LogP contribution < -0.4 is 5.84 Å². The van der Waals surface area contributed by atoms with Crippen molar-refractivity contribution in [3.63, 3.8) is 0 Å². The molecule has 0 spiro atoms. The molecule has 0 aromatic carbocycles. The van der Waals surface area contributed by atoms with Crippen molar-refractivity contribution in [2.24, 2.45) is 5.84 Å². The SMILES string of the molecule is Cc1nc(Cl)c2c(Cl)cc(C(C)N3C=CCN3N)c(-c3cn[nH]c3)n12. The number of hydrazine groups is 2. The number of rotatable bonds is 3. The van der Waals surface area contributed by atoms with Crippen molar-refractivity contribution in [1.82, 2.24) is 29.7 Å². The summed E-state index contributed by atoms with van der Waals surface area (Å²) in [4.78, 5) is 4.39. The van der Waals surface area contributed by atoms with Crippen LogP contribution in [0.1, 0.15) is 24.4 Å². The van der Waals surface area contributed by atoms with E-state index in [4.69, 9.17) is 29.0 Å². The fourth-order valence-corrected chi connectivity index (χ4v) is 3.96. The van der Waals surface area contributed by atoms with Gasteiger partial charge in [-0.25, -0.2) is 4.98 Å². The first kappa shape index (κ1) is 16.4. The largest absolute Gasteiger partial charge is 0.293 e. The molecule has 0 bridgehead atoms. The Morgan fingerprint density at radius 1 is 1.36 bits per heavy atom. The summed E-state index contributed by atoms with van der Waals surface area (Å²) in [5, 5.41) is 11.5. The van der Waals surface area contributed by atoms with Crippen molar-refractivity contribution in [2.75, 3.05) is 6.54 Å². The topological polar surface area (TPSA) is 78.5 Å². The summed E-state index contributed by atoms with van der Waals surface area (Å²) in [6.45, 7) is 4.64. The molecule has 1 aliphatic rings. The summed E-state index contributed by atoms with van der Waals surface area (Å²) in [6, 6.07) is 1.88. The van der Waals surface area contributed by atoms with Gasteiger partial charge in [-0.2, -0.15) is 10.2 Å². The fourth-order valence-electron chi connectivity index (χ4n) is 3.31. The van der Waals surface area contributed by atoms with Gasteiger partial charge in [0, 0.05) is 23.5 Å². The van der Waals surface area contributed by atoms with E-state index in [1.54, 1.807) is 11.3 Å². The molecule has 3 N–H and O–H groups in total. The monoisotopic (exact) mass is 377 g/mol. The van der Waals surface area contributed by atoms with Gasteiger partial charge in [-0.15, -0.1) is 0 Å². The summed E-state index contributed by atoms with van der Waals surface area (Å²) in [5.74, 6) is 6.83. The Morgan fingerprint density at radius 3 is 2.80 bits per heavy atom. The van der Waals surface area contributed by atoms with Gasteiger partial charge in [0.2, 0.25) is 0 Å². The number of nitrogens with one attached hydrogen (secondary N) is 1. The first-order valence-electron chi connectivity index (χ1n) is 7.82. The zero-order chi connectivity index (χ0) is 17.7. The third-order valence-electron chi connectivity index (χ3n) is 4.47. The number of imidazole rings is 1. The predicted molar refractivity (Wildman–Crippen MR) is 97.8 cm³/mol. The number of nitrogens with zero attached hydrogens (tertiary/aromatic N) is 5. The standard InChI is InChI=1S/C16H17Cl2N7/c1-9(23-4-3-5-24(23)19)12-6-13(17)15-16(18)22-10(2)25(15)14(12)11-7-20-21-8-11/h3-4,6-9H,5,19H2,1-2H3,(H,20,21). The van der Waals surface area contributed by atoms with Gasteiger partial charge in [0.05, 0.1) is 29.5 Å². The molecule has 9 heteroatoms. The van der Waals surface area contributed by atoms with Crippen molar-refractivity contribution < 1.29 is 0 Å². The van der Waals surface area contributed by atoms with Gasteiger partial charge in [-0.05, 0) is 26.0 Å². The number of aryl methyl sites for hydroxylation is 1. The molecule has 0 saturated heterocycles. The Hall–Kier alpha value is -2.06. The quantitative estimate of drug-likeness (QED) is 0.684. The minimum Gasteiger partial charge on any atom is -0.293 e. The van der Waals surface area contributed by atoms with E-state index in [1.807, 2.05) is 40.9 Å². The molecule has 4 heterocycles. The van der Waals surface area contributed by atoms with Gasteiger partial charge >= 0.3 is 0 Å². The number of hydrogen-bond acceptors (Lipinski definition) is 5. The first-order chi connectivity index (χ1) is 12.0. The molecule has 1 atom stereocenters. The molecule has 0 saturated carbocycles. The summed E-state index contributed by atoms with van der Waals surface area (Å²) in [7, 11) is 0. The second-order valence-corrected chi connectivity index (χ2v) is 6.75. The van der Waals surface area contributed by atoms with Crippen LogP contribution in [-0.2, 0) is 0 Å². The molecule has 25 heavy (non-hydrogen) atoms. The maximum atomic E-state index is 6.55. The highest BCUT2D eigenvalue weighted by Crippen LogP contribution is 2.38. The molecule has 3 aromatic heterocycles. The van der Waals surface area contributed by atoms with E-state index >= 15 is 0 Å². The van der Waals surface area contributed by atoms with Gasteiger partial charge in [0.25, 0.3) is 0 Å². The lowest BCUT2D eigenvalue weighted by Crippen LogP contribution is -2.42. The van der Waals surface area contributed by atoms with Gasteiger partial charge in [0.1, 0.15) is 11.3 Å². The lowest BCUT2D eigenvalue weighted by Gasteiger charge is -2.32. The Labute approximate surface area is 154 Å². The number of pyridine rings is 1. The van der Waals surface area contributed by atoms with Crippen LogP contribution in [0.5, 0.6) is 0 Å². The van der Waals surface area contributed by atoms with Crippen LogP contribution in [0.2, 0.25) is 10.2 Å². The molecule has 1 unspecified atom stereocenters. The average Bonchev–Trinajstić information content (AvgIpc) is 3.29. The molecule has 4 rings (SSSR count). The highest BCUT2D eigenvalue weighted by molar-refractivity contribution is 6.39. The van der Waals surface area contributed by atoms with E-state index in [1.165, 1.54) is 0 Å². The Bertz CT molecular complexity index is 961. The van der Waals surface area contributed by atoms with Crippen molar-refractivity contribution in [3.05, 3.63) is 52.3 Å². The molecule has 3 aromatic rings. The van der Waals surface area contributed by atoms with Gasteiger partial charge in [-0.1, -0.05) is 23.2 Å². The van der Waals surface area contributed by atoms with Gasteiger partial charge in [-0.3, -0.25) is 20.4 Å². The predicted octanol–water partition coefficient (Wildman–Crippen LogP) is 3.32. The Balaban J connectivity index is 2.02. The molecule has 0 amide bonds. The lowest BCUT2D eigenvalue weighted by molar-refractivity contribution is 0.0158. The number of aromatic amines is 1.